The zero-order valence-corrected chi connectivity index (χ0v) is 42.6. The molecule has 0 N–H and O–H groups in total. The fraction of sp³-hybridized carbons (Fsp3) is 0.333. The van der Waals surface area contributed by atoms with Crippen molar-refractivity contribution in [3.05, 3.63) is 173 Å². The number of benzene rings is 7. The molecular formula is C63H69BN2O. The van der Waals surface area contributed by atoms with E-state index in [4.69, 9.17) is 4.74 Å². The Morgan fingerprint density at radius 1 is 0.537 bits per heavy atom. The number of nitrogens with zero attached hydrogens (tertiary/aromatic N) is 2. The van der Waals surface area contributed by atoms with Gasteiger partial charge in [0.2, 0.25) is 0 Å². The lowest BCUT2D eigenvalue weighted by Crippen LogP contribution is -2.61. The molecule has 0 aromatic heterocycles. The molecule has 0 amide bonds. The quantitative estimate of drug-likeness (QED) is 0.141. The molecular weight excluding hydrogens is 812 g/mol. The fourth-order valence-electron chi connectivity index (χ4n) is 11.1. The van der Waals surface area contributed by atoms with Crippen LogP contribution in [-0.4, -0.2) is 6.71 Å². The molecule has 2 heterocycles. The second kappa shape index (κ2) is 15.5. The highest BCUT2D eigenvalue weighted by atomic mass is 16.5. The molecule has 1 aliphatic carbocycles. The van der Waals surface area contributed by atoms with E-state index >= 15 is 0 Å². The van der Waals surface area contributed by atoms with Crippen LogP contribution in [0.15, 0.2) is 140 Å². The lowest BCUT2D eigenvalue weighted by Gasteiger charge is -2.43. The van der Waals surface area contributed by atoms with Gasteiger partial charge in [0.15, 0.2) is 0 Å². The summed E-state index contributed by atoms with van der Waals surface area (Å²) < 4.78 is 7.47. The van der Waals surface area contributed by atoms with Gasteiger partial charge in [-0.25, -0.2) is 0 Å². The average molecular weight is 881 g/mol. The van der Waals surface area contributed by atoms with Crippen LogP contribution in [0.25, 0.3) is 11.1 Å². The molecule has 10 rings (SSSR count). The predicted molar refractivity (Wildman–Crippen MR) is 289 cm³/mol. The Balaban J connectivity index is 1.27. The van der Waals surface area contributed by atoms with Gasteiger partial charge in [0.05, 0.1) is 5.69 Å². The van der Waals surface area contributed by atoms with E-state index in [1.807, 2.05) is 0 Å². The molecule has 0 spiro atoms. The van der Waals surface area contributed by atoms with Crippen molar-refractivity contribution in [2.24, 2.45) is 0 Å². The van der Waals surface area contributed by atoms with Crippen molar-refractivity contribution in [3.63, 3.8) is 0 Å². The zero-order valence-electron chi connectivity index (χ0n) is 42.6. The Bertz CT molecular complexity index is 2990. The summed E-state index contributed by atoms with van der Waals surface area (Å²) in [6.45, 7) is 32.6. The molecule has 7 aromatic carbocycles. The number of anilines is 6. The Hall–Kier alpha value is -6.00. The minimum absolute atomic E-state index is 0.00603. The summed E-state index contributed by atoms with van der Waals surface area (Å²) in [5.41, 5.74) is 21.2. The van der Waals surface area contributed by atoms with E-state index in [-0.39, 0.29) is 33.8 Å². The van der Waals surface area contributed by atoms with E-state index in [1.54, 1.807) is 0 Å². The lowest BCUT2D eigenvalue weighted by atomic mass is 9.32. The van der Waals surface area contributed by atoms with Crippen molar-refractivity contribution < 1.29 is 4.74 Å². The first-order valence-corrected chi connectivity index (χ1v) is 24.8. The predicted octanol–water partition coefficient (Wildman–Crippen LogP) is 15.8. The first-order chi connectivity index (χ1) is 31.7. The van der Waals surface area contributed by atoms with Gasteiger partial charge in [0, 0.05) is 45.5 Å². The minimum Gasteiger partial charge on any atom is -0.458 e. The lowest BCUT2D eigenvalue weighted by molar-refractivity contribution is 0.486. The topological polar surface area (TPSA) is 15.7 Å². The van der Waals surface area contributed by atoms with Gasteiger partial charge in [-0.3, -0.25) is 0 Å². The van der Waals surface area contributed by atoms with Gasteiger partial charge in [-0.2, -0.15) is 0 Å². The monoisotopic (exact) mass is 881 g/mol. The maximum Gasteiger partial charge on any atom is 0.256 e. The average Bonchev–Trinajstić information content (AvgIpc) is 3.55. The smallest absolute Gasteiger partial charge is 0.256 e. The summed E-state index contributed by atoms with van der Waals surface area (Å²) in [5.74, 6) is 1.85. The van der Waals surface area contributed by atoms with Gasteiger partial charge < -0.3 is 14.5 Å². The molecule has 0 saturated heterocycles. The van der Waals surface area contributed by atoms with Crippen LogP contribution in [0.2, 0.25) is 0 Å². The third-order valence-corrected chi connectivity index (χ3v) is 16.1. The van der Waals surface area contributed by atoms with Crippen LogP contribution in [0.3, 0.4) is 0 Å². The number of ether oxygens (including phenoxy) is 1. The number of hydrogen-bond acceptors (Lipinski definition) is 3. The molecule has 7 aromatic rings. The summed E-state index contributed by atoms with van der Waals surface area (Å²) in [6.07, 6.45) is 2.12. The third kappa shape index (κ3) is 7.15. The summed E-state index contributed by atoms with van der Waals surface area (Å²) >= 11 is 0. The van der Waals surface area contributed by atoms with Crippen molar-refractivity contribution in [1.29, 1.82) is 0 Å². The Morgan fingerprint density at radius 3 is 1.67 bits per heavy atom. The van der Waals surface area contributed by atoms with Crippen molar-refractivity contribution in [3.8, 4) is 22.6 Å². The summed E-state index contributed by atoms with van der Waals surface area (Å²) in [5, 5.41) is 0. The van der Waals surface area contributed by atoms with Gasteiger partial charge >= 0.3 is 0 Å². The van der Waals surface area contributed by atoms with Crippen LogP contribution < -0.4 is 30.9 Å². The molecule has 0 bridgehead atoms. The van der Waals surface area contributed by atoms with Gasteiger partial charge in [0.25, 0.3) is 6.71 Å². The van der Waals surface area contributed by atoms with Crippen molar-refractivity contribution in [2.75, 3.05) is 9.80 Å². The standard InChI is InChI=1S/C63H69BN2O/c1-15-61(9,10)42-28-35-46(36-29-42)66-50-37-30-43(62(11,12)16-2)38-49(50)64-57-51(66)22-19-23-53(57)67-54-39-52(55-47-20-17-18-21-48(47)63(13,14)56(55)58(54)64)65(44-31-24-40(25-32-44)59(3,4)5)45-33-26-41(27-34-45)60(6,7)8/h17-39H,15-16H2,1-14H3. The molecule has 0 atom stereocenters. The molecule has 0 radical (unpaired) electrons. The summed E-state index contributed by atoms with van der Waals surface area (Å²) in [7, 11) is 0. The summed E-state index contributed by atoms with van der Waals surface area (Å²) in [4.78, 5) is 5.00. The molecule has 2 aliphatic heterocycles. The van der Waals surface area contributed by atoms with Crippen LogP contribution in [0.1, 0.15) is 143 Å². The molecule has 0 unspecified atom stereocenters. The van der Waals surface area contributed by atoms with E-state index in [1.165, 1.54) is 72.3 Å². The molecule has 3 nitrogen and oxygen atoms in total. The molecule has 4 heteroatoms. The second-order valence-electron chi connectivity index (χ2n) is 23.5. The SMILES string of the molecule is CCC(C)(C)c1ccc(N2c3ccc(C(C)(C)CC)cc3B3c4c(cccc42)Oc2cc(N(c4ccc(C(C)(C)C)cc4)c4ccc(C(C)(C)C)cc4)c4c(c23)C(C)(C)c2ccccc2-4)cc1. The van der Waals surface area contributed by atoms with E-state index in [9.17, 15) is 0 Å². The maximum absolute atomic E-state index is 7.47. The van der Waals surface area contributed by atoms with Gasteiger partial charge in [0.1, 0.15) is 11.5 Å². The Labute approximate surface area is 402 Å². The first kappa shape index (κ1) is 44.8. The van der Waals surface area contributed by atoms with Gasteiger partial charge in [-0.05, 0) is 144 Å². The summed E-state index contributed by atoms with van der Waals surface area (Å²) in [6, 6.07) is 53.5. The Kier molecular flexibility index (Phi) is 10.4. The largest absolute Gasteiger partial charge is 0.458 e. The van der Waals surface area contributed by atoms with E-state index < -0.39 is 0 Å². The van der Waals surface area contributed by atoms with Crippen LogP contribution in [-0.2, 0) is 27.1 Å². The normalized spacial score (nSPS) is 14.7. The van der Waals surface area contributed by atoms with Crippen LogP contribution in [0, 0.1) is 0 Å². The number of fused-ring (bicyclic) bond motifs is 8. The molecule has 340 valence electrons. The highest BCUT2D eigenvalue weighted by Crippen LogP contribution is 2.56. The van der Waals surface area contributed by atoms with Crippen molar-refractivity contribution >= 4 is 57.2 Å². The number of rotatable bonds is 8. The highest BCUT2D eigenvalue weighted by Gasteiger charge is 2.49. The third-order valence-electron chi connectivity index (χ3n) is 16.1. The van der Waals surface area contributed by atoms with Crippen LogP contribution in [0.5, 0.6) is 11.5 Å². The molecule has 0 fully saturated rings. The van der Waals surface area contributed by atoms with Gasteiger partial charge in [-0.1, -0.05) is 176 Å². The van der Waals surface area contributed by atoms with Crippen molar-refractivity contribution in [1.82, 2.24) is 0 Å². The minimum atomic E-state index is -0.334. The Morgan fingerprint density at radius 2 is 1.09 bits per heavy atom. The molecule has 67 heavy (non-hydrogen) atoms. The highest BCUT2D eigenvalue weighted by molar-refractivity contribution is 6.99. The van der Waals surface area contributed by atoms with Crippen LogP contribution in [0.4, 0.5) is 34.1 Å². The fourth-order valence-corrected chi connectivity index (χ4v) is 11.1. The van der Waals surface area contributed by atoms with E-state index in [0.29, 0.717) is 0 Å². The zero-order chi connectivity index (χ0) is 47.6. The van der Waals surface area contributed by atoms with E-state index in [0.717, 1.165) is 47.1 Å². The van der Waals surface area contributed by atoms with Crippen molar-refractivity contribution in [2.45, 2.75) is 137 Å². The van der Waals surface area contributed by atoms with Gasteiger partial charge in [-0.15, -0.1) is 0 Å². The molecule has 0 saturated carbocycles. The second-order valence-corrected chi connectivity index (χ2v) is 23.5. The first-order valence-electron chi connectivity index (χ1n) is 24.8. The number of hydrogen-bond donors (Lipinski definition) is 0. The molecule has 3 aliphatic rings. The maximum atomic E-state index is 7.47. The van der Waals surface area contributed by atoms with Crippen LogP contribution >= 0.6 is 0 Å². The van der Waals surface area contributed by atoms with E-state index in [2.05, 4.69) is 246 Å².